The Morgan fingerprint density at radius 1 is 1.00 bits per heavy atom. The summed E-state index contributed by atoms with van der Waals surface area (Å²) in [7, 11) is 0. The van der Waals surface area contributed by atoms with Crippen LogP contribution in [-0.2, 0) is 12.8 Å². The highest BCUT2D eigenvalue weighted by Gasteiger charge is 2.08. The van der Waals surface area contributed by atoms with Crippen molar-refractivity contribution in [1.82, 2.24) is 9.38 Å². The summed E-state index contributed by atoms with van der Waals surface area (Å²) in [5.41, 5.74) is 18.6. The average molecular weight is 280 g/mol. The predicted molar refractivity (Wildman–Crippen MR) is 87.3 cm³/mol. The Balaban J connectivity index is 1.84. The number of benzene rings is 1. The third-order valence-electron chi connectivity index (χ3n) is 3.92. The number of hydrogen-bond donors (Lipinski definition) is 2. The minimum absolute atomic E-state index is 0.637. The van der Waals surface area contributed by atoms with Crippen molar-refractivity contribution in [2.75, 3.05) is 11.5 Å². The Morgan fingerprint density at radius 3 is 2.57 bits per heavy atom. The molecule has 3 rings (SSSR count). The molecule has 1 aromatic carbocycles. The molecule has 4 nitrogen and oxygen atoms in total. The Morgan fingerprint density at radius 2 is 1.81 bits per heavy atom. The molecule has 108 valence electrons. The molecule has 0 aliphatic rings. The molecule has 4 N–H and O–H groups in total. The molecule has 0 aliphatic heterocycles. The molecule has 0 amide bonds. The first kappa shape index (κ1) is 13.5. The summed E-state index contributed by atoms with van der Waals surface area (Å²) in [5.74, 6) is 0. The van der Waals surface area contributed by atoms with Crippen LogP contribution in [-0.4, -0.2) is 9.38 Å². The fourth-order valence-corrected chi connectivity index (χ4v) is 2.60. The molecule has 0 atom stereocenters. The molecule has 2 aromatic heterocycles. The zero-order valence-corrected chi connectivity index (χ0v) is 12.4. The lowest BCUT2D eigenvalue weighted by molar-refractivity contribution is 0.911. The molecule has 0 spiro atoms. The highest BCUT2D eigenvalue weighted by atomic mass is 15.0. The van der Waals surface area contributed by atoms with Crippen LogP contribution in [0, 0.1) is 13.8 Å². The minimum atomic E-state index is 0.637. The van der Waals surface area contributed by atoms with Crippen LogP contribution in [0.1, 0.15) is 22.5 Å². The van der Waals surface area contributed by atoms with E-state index < -0.39 is 0 Å². The predicted octanol–water partition coefficient (Wildman–Crippen LogP) is 2.90. The molecule has 0 aliphatic carbocycles. The smallest absolute Gasteiger partial charge is 0.137 e. The van der Waals surface area contributed by atoms with Crippen LogP contribution in [0.5, 0.6) is 0 Å². The van der Waals surface area contributed by atoms with E-state index in [2.05, 4.69) is 36.6 Å². The van der Waals surface area contributed by atoms with Crippen LogP contribution in [0.15, 0.2) is 36.5 Å². The van der Waals surface area contributed by atoms with Gasteiger partial charge in [0.1, 0.15) is 5.65 Å². The molecule has 0 saturated carbocycles. The van der Waals surface area contributed by atoms with E-state index >= 15 is 0 Å². The number of fused-ring (bicyclic) bond motifs is 1. The van der Waals surface area contributed by atoms with Crippen LogP contribution in [0.2, 0.25) is 0 Å². The number of nitrogens with two attached hydrogens (primary N) is 2. The van der Waals surface area contributed by atoms with Crippen molar-refractivity contribution in [2.45, 2.75) is 26.7 Å². The van der Waals surface area contributed by atoms with Crippen LogP contribution in [0.4, 0.5) is 11.4 Å². The van der Waals surface area contributed by atoms with Crippen LogP contribution >= 0.6 is 0 Å². The average Bonchev–Trinajstić information content (AvgIpc) is 2.76. The molecular formula is C17H20N4. The fraction of sp³-hybridized carbons (Fsp3) is 0.235. The molecule has 21 heavy (non-hydrogen) atoms. The van der Waals surface area contributed by atoms with E-state index in [1.807, 2.05) is 18.2 Å². The molecule has 2 heterocycles. The van der Waals surface area contributed by atoms with E-state index in [9.17, 15) is 0 Å². The summed E-state index contributed by atoms with van der Waals surface area (Å²) in [6.07, 6.45) is 3.89. The van der Waals surface area contributed by atoms with Gasteiger partial charge in [-0.3, -0.25) is 0 Å². The van der Waals surface area contributed by atoms with Gasteiger partial charge in [0.25, 0.3) is 0 Å². The second-order valence-electron chi connectivity index (χ2n) is 5.54. The highest BCUT2D eigenvalue weighted by molar-refractivity contribution is 5.63. The SMILES string of the molecule is Cc1ccn2c(C)c(CCc3ccc(N)c(N)c3)nc2c1. The second-order valence-corrected chi connectivity index (χ2v) is 5.54. The van der Waals surface area contributed by atoms with Crippen molar-refractivity contribution >= 4 is 17.0 Å². The molecule has 0 radical (unpaired) electrons. The number of anilines is 2. The monoisotopic (exact) mass is 280 g/mol. The number of imidazole rings is 1. The van der Waals surface area contributed by atoms with Crippen molar-refractivity contribution in [1.29, 1.82) is 0 Å². The second kappa shape index (κ2) is 5.13. The standard InChI is InChI=1S/C17H20N4/c1-11-7-8-21-12(2)16(20-17(21)9-11)6-4-13-3-5-14(18)15(19)10-13/h3,5,7-10H,4,6,18-19H2,1-2H3. The minimum Gasteiger partial charge on any atom is -0.397 e. The van der Waals surface area contributed by atoms with Gasteiger partial charge in [-0.15, -0.1) is 0 Å². The number of pyridine rings is 1. The van der Waals surface area contributed by atoms with E-state index in [0.29, 0.717) is 11.4 Å². The van der Waals surface area contributed by atoms with Gasteiger partial charge in [-0.05, 0) is 62.1 Å². The first-order chi connectivity index (χ1) is 10.0. The normalized spacial score (nSPS) is 11.1. The van der Waals surface area contributed by atoms with Gasteiger partial charge in [-0.1, -0.05) is 6.07 Å². The van der Waals surface area contributed by atoms with E-state index in [-0.39, 0.29) is 0 Å². The van der Waals surface area contributed by atoms with E-state index in [1.54, 1.807) is 0 Å². The van der Waals surface area contributed by atoms with Gasteiger partial charge in [0.15, 0.2) is 0 Å². The molecule has 0 saturated heterocycles. The van der Waals surface area contributed by atoms with E-state index in [1.165, 1.54) is 16.8 Å². The largest absolute Gasteiger partial charge is 0.397 e. The van der Waals surface area contributed by atoms with E-state index in [4.69, 9.17) is 16.5 Å². The van der Waals surface area contributed by atoms with Crippen LogP contribution in [0.25, 0.3) is 5.65 Å². The van der Waals surface area contributed by atoms with Crippen molar-refractivity contribution in [3.05, 3.63) is 59.0 Å². The fourth-order valence-electron chi connectivity index (χ4n) is 2.60. The van der Waals surface area contributed by atoms with Gasteiger partial charge in [0.05, 0.1) is 17.1 Å². The molecule has 0 bridgehead atoms. The summed E-state index contributed by atoms with van der Waals surface area (Å²) in [5, 5.41) is 0. The maximum absolute atomic E-state index is 5.85. The number of nitrogen functional groups attached to an aromatic ring is 2. The summed E-state index contributed by atoms with van der Waals surface area (Å²) < 4.78 is 2.14. The summed E-state index contributed by atoms with van der Waals surface area (Å²) in [4.78, 5) is 4.74. The third kappa shape index (κ3) is 2.57. The van der Waals surface area contributed by atoms with Gasteiger partial charge in [-0.2, -0.15) is 0 Å². The summed E-state index contributed by atoms with van der Waals surface area (Å²) in [6, 6.07) is 10.1. The number of nitrogens with zero attached hydrogens (tertiary/aromatic N) is 2. The Kier molecular flexibility index (Phi) is 3.29. The summed E-state index contributed by atoms with van der Waals surface area (Å²) in [6.45, 7) is 4.20. The third-order valence-corrected chi connectivity index (χ3v) is 3.92. The quantitative estimate of drug-likeness (QED) is 0.725. The lowest BCUT2D eigenvalue weighted by Gasteiger charge is -2.04. The van der Waals surface area contributed by atoms with Crippen molar-refractivity contribution in [3.8, 4) is 0 Å². The molecular weight excluding hydrogens is 260 g/mol. The van der Waals surface area contributed by atoms with Gasteiger partial charge in [0.2, 0.25) is 0 Å². The Labute approximate surface area is 124 Å². The van der Waals surface area contributed by atoms with Gasteiger partial charge in [0, 0.05) is 11.9 Å². The van der Waals surface area contributed by atoms with Gasteiger partial charge >= 0.3 is 0 Å². The lowest BCUT2D eigenvalue weighted by Crippen LogP contribution is -1.98. The van der Waals surface area contributed by atoms with Gasteiger partial charge < -0.3 is 15.9 Å². The summed E-state index contributed by atoms with van der Waals surface area (Å²) >= 11 is 0. The zero-order chi connectivity index (χ0) is 15.0. The number of rotatable bonds is 3. The Bertz CT molecular complexity index is 802. The molecule has 0 fully saturated rings. The van der Waals surface area contributed by atoms with Crippen molar-refractivity contribution in [3.63, 3.8) is 0 Å². The van der Waals surface area contributed by atoms with Crippen LogP contribution in [0.3, 0.4) is 0 Å². The molecule has 4 heteroatoms. The Hall–Kier alpha value is -2.49. The van der Waals surface area contributed by atoms with Crippen molar-refractivity contribution in [2.24, 2.45) is 0 Å². The first-order valence-corrected chi connectivity index (χ1v) is 7.12. The maximum Gasteiger partial charge on any atom is 0.137 e. The number of aromatic nitrogens is 2. The topological polar surface area (TPSA) is 69.3 Å². The maximum atomic E-state index is 5.85. The van der Waals surface area contributed by atoms with Crippen molar-refractivity contribution < 1.29 is 0 Å². The van der Waals surface area contributed by atoms with Gasteiger partial charge in [-0.25, -0.2) is 4.98 Å². The zero-order valence-electron chi connectivity index (χ0n) is 12.4. The van der Waals surface area contributed by atoms with E-state index in [0.717, 1.165) is 24.2 Å². The first-order valence-electron chi connectivity index (χ1n) is 7.12. The lowest BCUT2D eigenvalue weighted by atomic mass is 10.1. The number of hydrogen-bond acceptors (Lipinski definition) is 3. The molecule has 3 aromatic rings. The number of aryl methyl sites for hydroxylation is 4. The molecule has 0 unspecified atom stereocenters. The van der Waals surface area contributed by atoms with Crippen LogP contribution < -0.4 is 11.5 Å². The highest BCUT2D eigenvalue weighted by Crippen LogP contribution is 2.19.